The predicted octanol–water partition coefficient (Wildman–Crippen LogP) is 10.0. The molecule has 2 rings (SSSR count). The normalized spacial score (nSPS) is 12.6. The van der Waals surface area contributed by atoms with Crippen LogP contribution >= 0.6 is 23.2 Å². The smallest absolute Gasteiger partial charge is 0.305 e. The SMILES string of the molecule is COC(=O)CCC/C(C#C[Si](C(C)C)(C(C)C)C(C)C)=C/C(=C/c1ccc(Cl)cc1)c1ccc(Cl)cc1. The van der Waals surface area contributed by atoms with Gasteiger partial charge in [-0.1, -0.05) is 94.9 Å². The van der Waals surface area contributed by atoms with Crippen LogP contribution in [0.15, 0.2) is 60.2 Å². The molecule has 0 aliphatic heterocycles. The molecule has 198 valence electrons. The van der Waals surface area contributed by atoms with Crippen molar-refractivity contribution < 1.29 is 9.53 Å². The number of methoxy groups -OCH3 is 1. The highest BCUT2D eigenvalue weighted by Gasteiger charge is 2.41. The highest BCUT2D eigenvalue weighted by Crippen LogP contribution is 2.41. The fraction of sp³-hybridized carbons (Fsp3) is 0.406. The number of allylic oxidation sites excluding steroid dienone is 3. The van der Waals surface area contributed by atoms with Gasteiger partial charge in [0.2, 0.25) is 0 Å². The Bertz CT molecular complexity index is 1130. The average Bonchev–Trinajstić information content (AvgIpc) is 2.84. The van der Waals surface area contributed by atoms with E-state index in [4.69, 9.17) is 27.9 Å². The minimum atomic E-state index is -1.92. The zero-order chi connectivity index (χ0) is 27.6. The number of rotatable bonds is 10. The molecule has 0 fully saturated rings. The molecule has 0 saturated heterocycles. The number of carbonyl (C=O) groups is 1. The van der Waals surface area contributed by atoms with E-state index >= 15 is 0 Å². The minimum absolute atomic E-state index is 0.197. The summed E-state index contributed by atoms with van der Waals surface area (Å²) in [6, 6.07) is 15.6. The van der Waals surface area contributed by atoms with Gasteiger partial charge in [0.1, 0.15) is 8.07 Å². The lowest BCUT2D eigenvalue weighted by molar-refractivity contribution is -0.140. The lowest BCUT2D eigenvalue weighted by Gasteiger charge is -2.38. The molecule has 0 aliphatic carbocycles. The number of halogens is 2. The van der Waals surface area contributed by atoms with E-state index in [1.807, 2.05) is 48.5 Å². The molecular weight excluding hydrogens is 515 g/mol. The molecule has 0 unspecified atom stereocenters. The number of benzene rings is 2. The summed E-state index contributed by atoms with van der Waals surface area (Å²) in [5.41, 5.74) is 9.63. The third kappa shape index (κ3) is 8.92. The molecule has 2 aromatic carbocycles. The number of carbonyl (C=O) groups excluding carboxylic acids is 1. The first-order valence-corrected chi connectivity index (χ1v) is 16.0. The molecule has 0 N–H and O–H groups in total. The minimum Gasteiger partial charge on any atom is -0.469 e. The summed E-state index contributed by atoms with van der Waals surface area (Å²) in [4.78, 5) is 11.8. The molecule has 5 heteroatoms. The van der Waals surface area contributed by atoms with Crippen molar-refractivity contribution in [1.82, 2.24) is 0 Å². The van der Waals surface area contributed by atoms with Crippen LogP contribution in [0.4, 0.5) is 0 Å². The first-order chi connectivity index (χ1) is 17.5. The molecule has 0 aliphatic rings. The van der Waals surface area contributed by atoms with Gasteiger partial charge in [-0.05, 0) is 82.6 Å². The Morgan fingerprint density at radius 1 is 0.865 bits per heavy atom. The zero-order valence-corrected chi connectivity index (χ0v) is 25.7. The van der Waals surface area contributed by atoms with E-state index in [9.17, 15) is 4.79 Å². The van der Waals surface area contributed by atoms with E-state index in [1.165, 1.54) is 7.11 Å². The molecule has 0 radical (unpaired) electrons. The van der Waals surface area contributed by atoms with Gasteiger partial charge in [-0.15, -0.1) is 5.54 Å². The molecule has 2 aromatic rings. The summed E-state index contributed by atoms with van der Waals surface area (Å²) in [7, 11) is -0.491. The molecule has 0 atom stereocenters. The highest BCUT2D eigenvalue weighted by molar-refractivity contribution is 6.90. The van der Waals surface area contributed by atoms with Crippen LogP contribution in [0.3, 0.4) is 0 Å². The molecule has 0 heterocycles. The summed E-state index contributed by atoms with van der Waals surface area (Å²) >= 11 is 12.3. The monoisotopic (exact) mass is 554 g/mol. The first kappa shape index (κ1) is 31.0. The van der Waals surface area contributed by atoms with Gasteiger partial charge in [0.05, 0.1) is 7.11 Å². The largest absolute Gasteiger partial charge is 0.469 e. The molecule has 0 amide bonds. The van der Waals surface area contributed by atoms with E-state index < -0.39 is 8.07 Å². The van der Waals surface area contributed by atoms with Crippen LogP contribution in [0, 0.1) is 11.5 Å². The molecule has 37 heavy (non-hydrogen) atoms. The molecule has 0 bridgehead atoms. The van der Waals surface area contributed by atoms with Crippen molar-refractivity contribution in [3.63, 3.8) is 0 Å². The van der Waals surface area contributed by atoms with E-state index in [2.05, 4.69) is 65.2 Å². The van der Waals surface area contributed by atoms with Gasteiger partial charge in [-0.25, -0.2) is 0 Å². The maximum atomic E-state index is 11.8. The van der Waals surface area contributed by atoms with Crippen LogP contribution in [0.5, 0.6) is 0 Å². The predicted molar refractivity (Wildman–Crippen MR) is 164 cm³/mol. The Morgan fingerprint density at radius 2 is 1.38 bits per heavy atom. The van der Waals surface area contributed by atoms with Crippen molar-refractivity contribution >= 4 is 48.9 Å². The van der Waals surface area contributed by atoms with E-state index in [-0.39, 0.29) is 5.97 Å². The van der Waals surface area contributed by atoms with E-state index in [1.54, 1.807) is 0 Å². The topological polar surface area (TPSA) is 26.3 Å². The van der Waals surface area contributed by atoms with Crippen molar-refractivity contribution in [2.24, 2.45) is 0 Å². The maximum absolute atomic E-state index is 11.8. The summed E-state index contributed by atoms with van der Waals surface area (Å²) < 4.78 is 4.87. The Morgan fingerprint density at radius 3 is 1.86 bits per heavy atom. The summed E-state index contributed by atoms with van der Waals surface area (Å²) in [5.74, 6) is 3.44. The van der Waals surface area contributed by atoms with Gasteiger partial charge in [-0.2, -0.15) is 0 Å². The Kier molecular flexibility index (Phi) is 12.2. The second-order valence-electron chi connectivity index (χ2n) is 10.4. The highest BCUT2D eigenvalue weighted by atomic mass is 35.5. The quantitative estimate of drug-likeness (QED) is 0.0959. The number of ether oxygens (including phenoxy) is 1. The number of hydrogen-bond acceptors (Lipinski definition) is 2. The van der Waals surface area contributed by atoms with Crippen LogP contribution in [0.2, 0.25) is 26.7 Å². The molecule has 2 nitrogen and oxygen atoms in total. The Labute approximate surface area is 235 Å². The van der Waals surface area contributed by atoms with Gasteiger partial charge in [0.25, 0.3) is 0 Å². The van der Waals surface area contributed by atoms with E-state index in [0.717, 1.165) is 22.3 Å². The van der Waals surface area contributed by atoms with Crippen molar-refractivity contribution in [1.29, 1.82) is 0 Å². The second-order valence-corrected chi connectivity index (χ2v) is 16.9. The third-order valence-corrected chi connectivity index (χ3v) is 13.9. The van der Waals surface area contributed by atoms with Gasteiger partial charge in [0.15, 0.2) is 0 Å². The van der Waals surface area contributed by atoms with Crippen LogP contribution in [-0.2, 0) is 9.53 Å². The molecule has 0 saturated carbocycles. The Balaban J connectivity index is 2.66. The fourth-order valence-electron chi connectivity index (χ4n) is 5.09. The second kappa shape index (κ2) is 14.6. The van der Waals surface area contributed by atoms with Gasteiger partial charge < -0.3 is 4.74 Å². The van der Waals surface area contributed by atoms with Crippen molar-refractivity contribution in [3.05, 3.63) is 81.4 Å². The van der Waals surface area contributed by atoms with Crippen molar-refractivity contribution in [3.8, 4) is 11.5 Å². The van der Waals surface area contributed by atoms with E-state index in [0.29, 0.717) is 45.9 Å². The van der Waals surface area contributed by atoms with Gasteiger partial charge in [-0.3, -0.25) is 4.79 Å². The van der Waals surface area contributed by atoms with Crippen LogP contribution in [0.25, 0.3) is 11.6 Å². The van der Waals surface area contributed by atoms with Crippen LogP contribution in [0.1, 0.15) is 71.9 Å². The zero-order valence-electron chi connectivity index (χ0n) is 23.2. The maximum Gasteiger partial charge on any atom is 0.305 e. The molecule has 0 spiro atoms. The van der Waals surface area contributed by atoms with Gasteiger partial charge >= 0.3 is 5.97 Å². The molecule has 0 aromatic heterocycles. The summed E-state index contributed by atoms with van der Waals surface area (Å²) in [6.45, 7) is 13.9. The summed E-state index contributed by atoms with van der Waals surface area (Å²) in [5, 5.41) is 1.39. The van der Waals surface area contributed by atoms with Crippen LogP contribution < -0.4 is 0 Å². The lowest BCUT2D eigenvalue weighted by atomic mass is 9.98. The summed E-state index contributed by atoms with van der Waals surface area (Å²) in [6.07, 6.45) is 6.06. The standard InChI is InChI=1S/C32H40Cl2O2Si/c1-23(2)37(24(3)4,25(5)6)20-19-26(9-8-10-32(35)36-7)21-29(28-13-17-31(34)18-14-28)22-27-11-15-30(33)16-12-27/h11-18,21-25H,8-10H2,1-7H3/b26-21-,29-22-. The van der Waals surface area contributed by atoms with Crippen molar-refractivity contribution in [2.75, 3.05) is 7.11 Å². The van der Waals surface area contributed by atoms with Gasteiger partial charge in [0, 0.05) is 22.0 Å². The number of esters is 1. The fourth-order valence-corrected chi connectivity index (χ4v) is 10.6. The van der Waals surface area contributed by atoms with Crippen LogP contribution in [-0.4, -0.2) is 21.2 Å². The Hall–Kier alpha value is -2.25. The first-order valence-electron chi connectivity index (χ1n) is 13.0. The molecular formula is C32H40Cl2O2Si. The number of hydrogen-bond donors (Lipinski definition) is 0. The van der Waals surface area contributed by atoms with Crippen molar-refractivity contribution in [2.45, 2.75) is 77.4 Å². The lowest BCUT2D eigenvalue weighted by Crippen LogP contribution is -2.43. The average molecular weight is 556 g/mol. The third-order valence-electron chi connectivity index (χ3n) is 7.06.